The molecule has 0 bridgehead atoms. The van der Waals surface area contributed by atoms with Gasteiger partial charge in [0.25, 0.3) is 0 Å². The van der Waals surface area contributed by atoms with Crippen molar-refractivity contribution in [3.05, 3.63) is 29.8 Å². The molecule has 7 nitrogen and oxygen atoms in total. The summed E-state index contributed by atoms with van der Waals surface area (Å²) >= 11 is 0. The van der Waals surface area contributed by atoms with Crippen LogP contribution in [0.2, 0.25) is 0 Å². The smallest absolute Gasteiger partial charge is 0.241 e. The first-order valence-corrected chi connectivity index (χ1v) is 11.7. The second-order valence-electron chi connectivity index (χ2n) is 7.53. The van der Waals surface area contributed by atoms with Gasteiger partial charge < -0.3 is 9.64 Å². The average molecular weight is 410 g/mol. The Kier molecular flexibility index (Phi) is 6.95. The van der Waals surface area contributed by atoms with Crippen molar-refractivity contribution < 1.29 is 17.9 Å². The molecule has 1 aromatic rings. The molecule has 8 heteroatoms. The summed E-state index contributed by atoms with van der Waals surface area (Å²) in [4.78, 5) is 17.2. The van der Waals surface area contributed by atoms with E-state index in [9.17, 15) is 13.2 Å². The molecule has 2 heterocycles. The molecular weight excluding hydrogens is 378 g/mol. The van der Waals surface area contributed by atoms with Crippen LogP contribution in [0.25, 0.3) is 0 Å². The van der Waals surface area contributed by atoms with Crippen LogP contribution in [0.1, 0.15) is 31.7 Å². The number of rotatable bonds is 7. The van der Waals surface area contributed by atoms with Gasteiger partial charge in [0.1, 0.15) is 11.8 Å². The van der Waals surface area contributed by atoms with E-state index in [1.165, 1.54) is 9.87 Å². The molecule has 2 fully saturated rings. The number of sulfonamides is 1. The third kappa shape index (κ3) is 4.85. The van der Waals surface area contributed by atoms with Crippen LogP contribution < -0.4 is 4.74 Å². The number of carbonyl (C=O) groups is 1. The lowest BCUT2D eigenvalue weighted by atomic mass is 10.1. The van der Waals surface area contributed by atoms with Gasteiger partial charge in [0.05, 0.1) is 12.9 Å². The Labute approximate surface area is 168 Å². The van der Waals surface area contributed by atoms with Crippen LogP contribution in [-0.4, -0.2) is 80.1 Å². The molecule has 0 radical (unpaired) electrons. The van der Waals surface area contributed by atoms with Crippen LogP contribution in [-0.2, 0) is 21.4 Å². The Morgan fingerprint density at radius 1 is 1.11 bits per heavy atom. The van der Waals surface area contributed by atoms with E-state index in [-0.39, 0.29) is 11.7 Å². The summed E-state index contributed by atoms with van der Waals surface area (Å²) in [6.45, 7) is 6.05. The Bertz CT molecular complexity index is 758. The van der Waals surface area contributed by atoms with Crippen LogP contribution in [0.4, 0.5) is 0 Å². The van der Waals surface area contributed by atoms with E-state index in [2.05, 4.69) is 17.0 Å². The predicted molar refractivity (Wildman–Crippen MR) is 109 cm³/mol. The molecular formula is C20H31N3O4S. The number of hydrogen-bond acceptors (Lipinski definition) is 5. The fraction of sp³-hybridized carbons (Fsp3) is 0.650. The molecule has 0 aliphatic carbocycles. The van der Waals surface area contributed by atoms with Crippen molar-refractivity contribution in [2.24, 2.45) is 0 Å². The number of amides is 1. The topological polar surface area (TPSA) is 70.2 Å². The number of benzene rings is 1. The molecule has 1 amide bonds. The van der Waals surface area contributed by atoms with Crippen molar-refractivity contribution in [3.8, 4) is 5.75 Å². The van der Waals surface area contributed by atoms with E-state index in [0.29, 0.717) is 32.5 Å². The van der Waals surface area contributed by atoms with Gasteiger partial charge in [-0.15, -0.1) is 0 Å². The fourth-order valence-electron chi connectivity index (χ4n) is 4.02. The zero-order valence-corrected chi connectivity index (χ0v) is 17.7. The van der Waals surface area contributed by atoms with Gasteiger partial charge in [0, 0.05) is 39.3 Å². The van der Waals surface area contributed by atoms with Crippen LogP contribution in [0.5, 0.6) is 5.75 Å². The molecule has 28 heavy (non-hydrogen) atoms. The van der Waals surface area contributed by atoms with Gasteiger partial charge in [0.2, 0.25) is 15.9 Å². The highest BCUT2D eigenvalue weighted by Gasteiger charge is 2.40. The molecule has 0 spiro atoms. The second kappa shape index (κ2) is 9.24. The summed E-state index contributed by atoms with van der Waals surface area (Å²) < 4.78 is 31.6. The van der Waals surface area contributed by atoms with E-state index in [1.54, 1.807) is 7.11 Å². The van der Waals surface area contributed by atoms with Gasteiger partial charge in [-0.1, -0.05) is 19.1 Å². The van der Waals surface area contributed by atoms with Crippen molar-refractivity contribution in [1.29, 1.82) is 0 Å². The van der Waals surface area contributed by atoms with Crippen LogP contribution >= 0.6 is 0 Å². The monoisotopic (exact) mass is 409 g/mol. The highest BCUT2D eigenvalue weighted by Crippen LogP contribution is 2.24. The SMILES string of the molecule is CCCS(=O)(=O)N1CCCC1C(=O)N1CCN(Cc2ccc(OC)cc2)CC1. The van der Waals surface area contributed by atoms with E-state index in [1.807, 2.05) is 24.0 Å². The fourth-order valence-corrected chi connectivity index (χ4v) is 5.76. The van der Waals surface area contributed by atoms with Gasteiger partial charge >= 0.3 is 0 Å². The molecule has 2 aliphatic rings. The summed E-state index contributed by atoms with van der Waals surface area (Å²) in [5.74, 6) is 0.937. The predicted octanol–water partition coefficient (Wildman–Crippen LogP) is 1.54. The molecule has 1 aromatic carbocycles. The quantitative estimate of drug-likeness (QED) is 0.683. The van der Waals surface area contributed by atoms with Crippen molar-refractivity contribution in [1.82, 2.24) is 14.1 Å². The molecule has 2 aliphatic heterocycles. The standard InChI is InChI=1S/C20H31N3O4S/c1-3-15-28(25,26)23-10-4-5-19(23)20(24)22-13-11-21(12-14-22)16-17-6-8-18(27-2)9-7-17/h6-9,19H,3-5,10-16H2,1-2H3. The maximum absolute atomic E-state index is 13.0. The van der Waals surface area contributed by atoms with Crippen molar-refractivity contribution in [2.45, 2.75) is 38.8 Å². The molecule has 0 saturated carbocycles. The number of piperazine rings is 1. The molecule has 3 rings (SSSR count). The van der Waals surface area contributed by atoms with Crippen molar-refractivity contribution in [2.75, 3.05) is 45.6 Å². The minimum atomic E-state index is -3.33. The first kappa shape index (κ1) is 21.1. The molecule has 1 unspecified atom stereocenters. The molecule has 1 atom stereocenters. The van der Waals surface area contributed by atoms with Gasteiger partial charge in [-0.3, -0.25) is 9.69 Å². The maximum atomic E-state index is 13.0. The Balaban J connectivity index is 1.54. The third-order valence-corrected chi connectivity index (χ3v) is 7.63. The number of hydrogen-bond donors (Lipinski definition) is 0. The summed E-state index contributed by atoms with van der Waals surface area (Å²) in [5, 5.41) is 0. The van der Waals surface area contributed by atoms with Crippen LogP contribution in [0.15, 0.2) is 24.3 Å². The summed E-state index contributed by atoms with van der Waals surface area (Å²) in [6.07, 6.45) is 1.97. The first-order valence-electron chi connectivity index (χ1n) is 10.1. The highest BCUT2D eigenvalue weighted by molar-refractivity contribution is 7.89. The minimum Gasteiger partial charge on any atom is -0.497 e. The summed E-state index contributed by atoms with van der Waals surface area (Å²) in [6, 6.07) is 7.53. The van der Waals surface area contributed by atoms with Crippen molar-refractivity contribution >= 4 is 15.9 Å². The normalized spacial score (nSPS) is 21.8. The number of nitrogens with zero attached hydrogens (tertiary/aromatic N) is 3. The molecule has 0 N–H and O–H groups in total. The zero-order valence-electron chi connectivity index (χ0n) is 16.8. The second-order valence-corrected chi connectivity index (χ2v) is 9.58. The maximum Gasteiger partial charge on any atom is 0.241 e. The van der Waals surface area contributed by atoms with Crippen LogP contribution in [0, 0.1) is 0 Å². The van der Waals surface area contributed by atoms with Gasteiger partial charge in [-0.25, -0.2) is 8.42 Å². The summed E-state index contributed by atoms with van der Waals surface area (Å²) in [7, 11) is -1.68. The van der Waals surface area contributed by atoms with E-state index in [0.717, 1.165) is 31.8 Å². The lowest BCUT2D eigenvalue weighted by molar-refractivity contribution is -0.136. The van der Waals surface area contributed by atoms with Gasteiger partial charge in [-0.2, -0.15) is 4.31 Å². The third-order valence-electron chi connectivity index (χ3n) is 5.56. The van der Waals surface area contributed by atoms with E-state index < -0.39 is 16.1 Å². The Hall–Kier alpha value is -1.64. The lowest BCUT2D eigenvalue weighted by Crippen LogP contribution is -2.54. The van der Waals surface area contributed by atoms with E-state index >= 15 is 0 Å². The van der Waals surface area contributed by atoms with E-state index in [4.69, 9.17) is 4.74 Å². The Morgan fingerprint density at radius 2 is 1.79 bits per heavy atom. The molecule has 2 saturated heterocycles. The zero-order chi connectivity index (χ0) is 20.1. The summed E-state index contributed by atoms with van der Waals surface area (Å²) in [5.41, 5.74) is 1.22. The average Bonchev–Trinajstić information content (AvgIpc) is 3.19. The lowest BCUT2D eigenvalue weighted by Gasteiger charge is -2.37. The largest absolute Gasteiger partial charge is 0.497 e. The highest BCUT2D eigenvalue weighted by atomic mass is 32.2. The molecule has 0 aromatic heterocycles. The minimum absolute atomic E-state index is 0.0266. The first-order chi connectivity index (χ1) is 13.4. The molecule has 156 valence electrons. The van der Waals surface area contributed by atoms with Crippen LogP contribution in [0.3, 0.4) is 0 Å². The number of carbonyl (C=O) groups excluding carboxylic acids is 1. The van der Waals surface area contributed by atoms with Gasteiger partial charge in [0.15, 0.2) is 0 Å². The number of ether oxygens (including phenoxy) is 1. The van der Waals surface area contributed by atoms with Crippen molar-refractivity contribution in [3.63, 3.8) is 0 Å². The Morgan fingerprint density at radius 3 is 2.39 bits per heavy atom. The van der Waals surface area contributed by atoms with Gasteiger partial charge in [-0.05, 0) is 37.0 Å². The number of methoxy groups -OCH3 is 1.